The molecule has 1 aliphatic heterocycles. The molecule has 8 heteroatoms. The first-order chi connectivity index (χ1) is 13.2. The second kappa shape index (κ2) is 9.43. The van der Waals surface area contributed by atoms with Gasteiger partial charge in [0.2, 0.25) is 0 Å². The first kappa shape index (κ1) is 21.5. The fraction of sp³-hybridized carbons (Fsp3) is 0.550. The first-order valence-electron chi connectivity index (χ1n) is 9.48. The van der Waals surface area contributed by atoms with Crippen molar-refractivity contribution >= 4 is 18.0 Å². The van der Waals surface area contributed by atoms with E-state index in [1.165, 1.54) is 0 Å². The number of hydrogen-bond donors (Lipinski definition) is 3. The summed E-state index contributed by atoms with van der Waals surface area (Å²) >= 11 is 0. The Morgan fingerprint density at radius 1 is 1.25 bits per heavy atom. The van der Waals surface area contributed by atoms with E-state index in [4.69, 9.17) is 4.74 Å². The molecule has 0 spiro atoms. The second-order valence-corrected chi connectivity index (χ2v) is 7.75. The molecule has 0 aliphatic carbocycles. The molecule has 8 nitrogen and oxygen atoms in total. The predicted molar refractivity (Wildman–Crippen MR) is 109 cm³/mol. The number of nitrogens with one attached hydrogen (secondary N) is 3. The molecule has 2 rings (SSSR count). The number of nitrogens with zero attached hydrogens (tertiary/aromatic N) is 2. The van der Waals surface area contributed by atoms with E-state index in [0.717, 1.165) is 24.5 Å². The number of benzene rings is 1. The molecule has 1 aromatic rings. The number of hydrogen-bond acceptors (Lipinski definition) is 4. The summed E-state index contributed by atoms with van der Waals surface area (Å²) in [4.78, 5) is 30.0. The molecule has 154 valence electrons. The quantitative estimate of drug-likeness (QED) is 0.538. The summed E-state index contributed by atoms with van der Waals surface area (Å²) in [5, 5.41) is 8.86. The van der Waals surface area contributed by atoms with Crippen LogP contribution in [0.2, 0.25) is 0 Å². The lowest BCUT2D eigenvalue weighted by molar-refractivity contribution is 0.0507. The van der Waals surface area contributed by atoms with Crippen molar-refractivity contribution in [3.8, 4) is 0 Å². The molecule has 0 bridgehead atoms. The number of carbonyl (C=O) groups is 2. The Bertz CT molecular complexity index is 710. The lowest BCUT2D eigenvalue weighted by Gasteiger charge is -2.23. The van der Waals surface area contributed by atoms with Crippen LogP contribution in [0.1, 0.15) is 43.1 Å². The minimum absolute atomic E-state index is 0.0280. The first-order valence-corrected chi connectivity index (χ1v) is 9.48. The van der Waals surface area contributed by atoms with Crippen LogP contribution >= 0.6 is 0 Å². The van der Waals surface area contributed by atoms with Crippen molar-refractivity contribution in [2.45, 2.75) is 45.4 Å². The number of carbonyl (C=O) groups excluding carboxylic acids is 2. The van der Waals surface area contributed by atoms with Crippen molar-refractivity contribution in [3.05, 3.63) is 35.4 Å². The van der Waals surface area contributed by atoms with E-state index in [9.17, 15) is 9.59 Å². The number of guanidine groups is 1. The van der Waals surface area contributed by atoms with Gasteiger partial charge in [0, 0.05) is 39.3 Å². The third-order valence-corrected chi connectivity index (χ3v) is 4.31. The monoisotopic (exact) mass is 389 g/mol. The van der Waals surface area contributed by atoms with E-state index < -0.39 is 11.7 Å². The summed E-state index contributed by atoms with van der Waals surface area (Å²) in [6, 6.07) is 7.47. The fourth-order valence-electron chi connectivity index (χ4n) is 2.98. The van der Waals surface area contributed by atoms with Crippen molar-refractivity contribution in [2.75, 3.05) is 27.2 Å². The maximum absolute atomic E-state index is 11.9. The standard InChI is InChI=1S/C20H31N5O3/c1-20(2,3)28-19(27)24-16-10-11-25(13-16)18(22-5)23-12-14-6-8-15(9-7-14)17(26)21-4/h6-9,16H,10-13H2,1-5H3,(H,21,26)(H,22,23)(H,24,27). The molecule has 1 atom stereocenters. The van der Waals surface area contributed by atoms with E-state index in [0.29, 0.717) is 18.7 Å². The van der Waals surface area contributed by atoms with Crippen LogP contribution in [0.25, 0.3) is 0 Å². The molecular weight excluding hydrogens is 358 g/mol. The summed E-state index contributed by atoms with van der Waals surface area (Å²) < 4.78 is 5.32. The molecular formula is C20H31N5O3. The molecule has 1 fully saturated rings. The maximum Gasteiger partial charge on any atom is 0.407 e. The zero-order valence-electron chi connectivity index (χ0n) is 17.3. The van der Waals surface area contributed by atoms with Crippen LogP contribution in [0.15, 0.2) is 29.3 Å². The van der Waals surface area contributed by atoms with E-state index in [1.54, 1.807) is 26.2 Å². The predicted octanol–water partition coefficient (Wildman–Crippen LogP) is 1.72. The number of likely N-dealkylation sites (tertiary alicyclic amines) is 1. The third kappa shape index (κ3) is 6.44. The molecule has 1 saturated heterocycles. The zero-order valence-corrected chi connectivity index (χ0v) is 17.3. The van der Waals surface area contributed by atoms with Crippen LogP contribution < -0.4 is 16.0 Å². The van der Waals surface area contributed by atoms with Gasteiger partial charge in [-0.25, -0.2) is 4.79 Å². The average molecular weight is 390 g/mol. The summed E-state index contributed by atoms with van der Waals surface area (Å²) in [6.07, 6.45) is 0.444. The number of alkyl carbamates (subject to hydrolysis) is 1. The largest absolute Gasteiger partial charge is 0.444 e. The summed E-state index contributed by atoms with van der Waals surface area (Å²) in [5.74, 6) is 0.680. The van der Waals surface area contributed by atoms with Gasteiger partial charge in [0.25, 0.3) is 5.91 Å². The molecule has 1 unspecified atom stereocenters. The molecule has 3 N–H and O–H groups in total. The van der Waals surface area contributed by atoms with Gasteiger partial charge >= 0.3 is 6.09 Å². The summed E-state index contributed by atoms with van der Waals surface area (Å²) in [7, 11) is 3.36. The highest BCUT2D eigenvalue weighted by Gasteiger charge is 2.27. The Labute approximate surface area is 166 Å². The maximum atomic E-state index is 11.9. The minimum atomic E-state index is -0.507. The van der Waals surface area contributed by atoms with Crippen molar-refractivity contribution in [2.24, 2.45) is 4.99 Å². The van der Waals surface area contributed by atoms with Crippen LogP contribution in [0.3, 0.4) is 0 Å². The minimum Gasteiger partial charge on any atom is -0.444 e. The van der Waals surface area contributed by atoms with Gasteiger partial charge in [-0.05, 0) is 44.9 Å². The number of amides is 2. The van der Waals surface area contributed by atoms with Crippen molar-refractivity contribution in [1.29, 1.82) is 0 Å². The van der Waals surface area contributed by atoms with Crippen molar-refractivity contribution in [3.63, 3.8) is 0 Å². The van der Waals surface area contributed by atoms with Gasteiger partial charge in [-0.1, -0.05) is 12.1 Å². The van der Waals surface area contributed by atoms with Crippen LogP contribution in [0.4, 0.5) is 4.79 Å². The van der Waals surface area contributed by atoms with E-state index in [-0.39, 0.29) is 11.9 Å². The molecule has 0 radical (unpaired) electrons. The molecule has 0 saturated carbocycles. The van der Waals surface area contributed by atoms with Crippen LogP contribution in [-0.4, -0.2) is 61.7 Å². The van der Waals surface area contributed by atoms with Gasteiger partial charge < -0.3 is 25.6 Å². The van der Waals surface area contributed by atoms with E-state index >= 15 is 0 Å². The lowest BCUT2D eigenvalue weighted by atomic mass is 10.1. The Balaban J connectivity index is 1.84. The average Bonchev–Trinajstić information content (AvgIpc) is 3.08. The zero-order chi connectivity index (χ0) is 20.7. The summed E-state index contributed by atoms with van der Waals surface area (Å²) in [6.45, 7) is 7.62. The Hall–Kier alpha value is -2.77. The fourth-order valence-corrected chi connectivity index (χ4v) is 2.98. The van der Waals surface area contributed by atoms with Crippen molar-refractivity contribution in [1.82, 2.24) is 20.9 Å². The normalized spacial score (nSPS) is 17.2. The van der Waals surface area contributed by atoms with Gasteiger partial charge in [0.15, 0.2) is 5.96 Å². The smallest absolute Gasteiger partial charge is 0.407 e. The van der Waals surface area contributed by atoms with Crippen LogP contribution in [0, 0.1) is 0 Å². The summed E-state index contributed by atoms with van der Waals surface area (Å²) in [5.41, 5.74) is 1.18. The molecule has 1 heterocycles. The molecule has 2 amide bonds. The van der Waals surface area contributed by atoms with Gasteiger partial charge in [-0.2, -0.15) is 0 Å². The van der Waals surface area contributed by atoms with Gasteiger partial charge in [0.05, 0.1) is 6.04 Å². The third-order valence-electron chi connectivity index (χ3n) is 4.31. The molecule has 1 aliphatic rings. The van der Waals surface area contributed by atoms with E-state index in [1.807, 2.05) is 32.9 Å². The SMILES string of the molecule is CN=C(NCc1ccc(C(=O)NC)cc1)N1CCC(NC(=O)OC(C)(C)C)C1. The molecule has 1 aromatic carbocycles. The highest BCUT2D eigenvalue weighted by molar-refractivity contribution is 5.93. The van der Waals surface area contributed by atoms with E-state index in [2.05, 4.69) is 25.8 Å². The Morgan fingerprint density at radius 2 is 1.93 bits per heavy atom. The van der Waals surface area contributed by atoms with Crippen LogP contribution in [0.5, 0.6) is 0 Å². The Kier molecular flexibility index (Phi) is 7.25. The number of rotatable bonds is 4. The topological polar surface area (TPSA) is 95.1 Å². The van der Waals surface area contributed by atoms with Crippen LogP contribution in [-0.2, 0) is 11.3 Å². The van der Waals surface area contributed by atoms with Gasteiger partial charge in [0.1, 0.15) is 5.60 Å². The molecule has 0 aromatic heterocycles. The van der Waals surface area contributed by atoms with Crippen molar-refractivity contribution < 1.29 is 14.3 Å². The second-order valence-electron chi connectivity index (χ2n) is 7.75. The Morgan fingerprint density at radius 3 is 2.50 bits per heavy atom. The van der Waals surface area contributed by atoms with Gasteiger partial charge in [-0.3, -0.25) is 9.79 Å². The molecule has 28 heavy (non-hydrogen) atoms. The number of aliphatic imine (C=N–C) groups is 1. The number of ether oxygens (including phenoxy) is 1. The van der Waals surface area contributed by atoms with Gasteiger partial charge in [-0.15, -0.1) is 0 Å². The highest BCUT2D eigenvalue weighted by atomic mass is 16.6. The lowest BCUT2D eigenvalue weighted by Crippen LogP contribution is -2.44. The highest BCUT2D eigenvalue weighted by Crippen LogP contribution is 2.12.